The lowest BCUT2D eigenvalue weighted by Gasteiger charge is -2.41. The molecule has 0 unspecified atom stereocenters. The van der Waals surface area contributed by atoms with Crippen molar-refractivity contribution in [2.75, 3.05) is 26.2 Å². The lowest BCUT2D eigenvalue weighted by molar-refractivity contribution is 0.0520. The molecule has 1 saturated carbocycles. The number of fused-ring (bicyclic) bond motifs is 1. The zero-order valence-corrected chi connectivity index (χ0v) is 16.1. The van der Waals surface area contributed by atoms with E-state index in [0.717, 1.165) is 38.3 Å². The van der Waals surface area contributed by atoms with Crippen molar-refractivity contribution in [2.45, 2.75) is 49.8 Å². The van der Waals surface area contributed by atoms with Gasteiger partial charge in [-0.1, -0.05) is 25.3 Å². The van der Waals surface area contributed by atoms with Gasteiger partial charge in [-0.3, -0.25) is 4.79 Å². The van der Waals surface area contributed by atoms with Crippen molar-refractivity contribution in [2.24, 2.45) is 11.8 Å². The minimum absolute atomic E-state index is 0.0208. The summed E-state index contributed by atoms with van der Waals surface area (Å²) in [5.41, 5.74) is 0.500. The molecular weight excluding hydrogens is 348 g/mol. The standard InChI is InChI=1S/C20H28N2O3S/c23-20(21-13-10-16-6-1-2-7-18(16)15-21)17-8-5-9-19(14-17)26(24,25)22-11-3-4-12-22/h5,8-9,14,16,18H,1-4,6-7,10-13,15H2/t16-,18-/m0/s1. The highest BCUT2D eigenvalue weighted by Crippen LogP contribution is 2.36. The number of rotatable bonds is 3. The molecule has 1 aliphatic carbocycles. The first-order chi connectivity index (χ1) is 12.6. The predicted molar refractivity (Wildman–Crippen MR) is 100 cm³/mol. The fourth-order valence-corrected chi connectivity index (χ4v) is 6.40. The van der Waals surface area contributed by atoms with Crippen molar-refractivity contribution in [3.63, 3.8) is 0 Å². The first-order valence-electron chi connectivity index (χ1n) is 9.95. The van der Waals surface area contributed by atoms with Crippen LogP contribution in [0.3, 0.4) is 0 Å². The topological polar surface area (TPSA) is 57.7 Å². The fraction of sp³-hybridized carbons (Fsp3) is 0.650. The van der Waals surface area contributed by atoms with Crippen LogP contribution in [0, 0.1) is 11.8 Å². The summed E-state index contributed by atoms with van der Waals surface area (Å²) in [7, 11) is -3.48. The highest BCUT2D eigenvalue weighted by molar-refractivity contribution is 7.89. The maximum Gasteiger partial charge on any atom is 0.253 e. The molecule has 6 heteroatoms. The zero-order chi connectivity index (χ0) is 18.1. The monoisotopic (exact) mass is 376 g/mol. The number of carbonyl (C=O) groups excluding carboxylic acids is 1. The molecule has 2 heterocycles. The molecule has 142 valence electrons. The van der Waals surface area contributed by atoms with Gasteiger partial charge in [-0.25, -0.2) is 8.42 Å². The van der Waals surface area contributed by atoms with Crippen molar-refractivity contribution >= 4 is 15.9 Å². The molecule has 1 aromatic rings. The summed E-state index contributed by atoms with van der Waals surface area (Å²) < 4.78 is 27.1. The van der Waals surface area contributed by atoms with E-state index in [1.807, 2.05) is 4.90 Å². The first kappa shape index (κ1) is 18.0. The van der Waals surface area contributed by atoms with Gasteiger partial charge in [-0.2, -0.15) is 4.31 Å². The molecule has 26 heavy (non-hydrogen) atoms. The second kappa shape index (κ2) is 7.31. The third-order valence-electron chi connectivity index (χ3n) is 6.36. The molecule has 2 atom stereocenters. The van der Waals surface area contributed by atoms with Gasteiger partial charge in [0.25, 0.3) is 5.91 Å². The van der Waals surface area contributed by atoms with Crippen LogP contribution in [0.4, 0.5) is 0 Å². The lowest BCUT2D eigenvalue weighted by Crippen LogP contribution is -2.44. The lowest BCUT2D eigenvalue weighted by atomic mass is 9.75. The Morgan fingerprint density at radius 2 is 1.65 bits per heavy atom. The van der Waals surface area contributed by atoms with E-state index in [-0.39, 0.29) is 10.8 Å². The van der Waals surface area contributed by atoms with Gasteiger partial charge in [0.05, 0.1) is 4.90 Å². The molecule has 3 aliphatic rings. The van der Waals surface area contributed by atoms with Crippen LogP contribution in [0.25, 0.3) is 0 Å². The molecule has 0 bridgehead atoms. The van der Waals surface area contributed by atoms with Gasteiger partial charge in [-0.05, 0) is 55.7 Å². The average molecular weight is 377 g/mol. The van der Waals surface area contributed by atoms with Crippen LogP contribution in [0.5, 0.6) is 0 Å². The second-order valence-electron chi connectivity index (χ2n) is 7.98. The smallest absolute Gasteiger partial charge is 0.253 e. The van der Waals surface area contributed by atoms with E-state index in [2.05, 4.69) is 0 Å². The van der Waals surface area contributed by atoms with E-state index in [0.29, 0.717) is 24.6 Å². The van der Waals surface area contributed by atoms with E-state index in [1.54, 1.807) is 24.3 Å². The van der Waals surface area contributed by atoms with E-state index in [4.69, 9.17) is 0 Å². The zero-order valence-electron chi connectivity index (χ0n) is 15.3. The van der Waals surface area contributed by atoms with Crippen LogP contribution >= 0.6 is 0 Å². The summed E-state index contributed by atoms with van der Waals surface area (Å²) in [6.07, 6.45) is 8.02. The Balaban J connectivity index is 1.52. The van der Waals surface area contributed by atoms with Crippen LogP contribution in [0.15, 0.2) is 29.2 Å². The Morgan fingerprint density at radius 3 is 2.42 bits per heavy atom. The van der Waals surface area contributed by atoms with E-state index >= 15 is 0 Å². The number of likely N-dealkylation sites (tertiary alicyclic amines) is 1. The third-order valence-corrected chi connectivity index (χ3v) is 8.26. The third kappa shape index (κ3) is 3.41. The van der Waals surface area contributed by atoms with Crippen LogP contribution in [-0.2, 0) is 10.0 Å². The Bertz CT molecular complexity index is 771. The fourth-order valence-electron chi connectivity index (χ4n) is 4.84. The molecule has 1 amide bonds. The maximum absolute atomic E-state index is 13.0. The van der Waals surface area contributed by atoms with Crippen LogP contribution in [0.1, 0.15) is 55.3 Å². The first-order valence-corrected chi connectivity index (χ1v) is 11.4. The Kier molecular flexibility index (Phi) is 5.06. The molecule has 3 fully saturated rings. The number of sulfonamides is 1. The van der Waals surface area contributed by atoms with Gasteiger partial charge < -0.3 is 4.90 Å². The van der Waals surface area contributed by atoms with Gasteiger partial charge in [0.15, 0.2) is 0 Å². The Labute approximate surface area is 156 Å². The molecule has 0 radical (unpaired) electrons. The molecule has 5 nitrogen and oxygen atoms in total. The van der Waals surface area contributed by atoms with Gasteiger partial charge in [-0.15, -0.1) is 0 Å². The van der Waals surface area contributed by atoms with Crippen LogP contribution in [-0.4, -0.2) is 49.7 Å². The van der Waals surface area contributed by atoms with Crippen molar-refractivity contribution in [3.05, 3.63) is 29.8 Å². The number of benzene rings is 1. The predicted octanol–water partition coefficient (Wildman–Crippen LogP) is 3.12. The average Bonchev–Trinajstić information content (AvgIpc) is 3.23. The van der Waals surface area contributed by atoms with Gasteiger partial charge >= 0.3 is 0 Å². The van der Waals surface area contributed by atoms with Crippen molar-refractivity contribution in [1.29, 1.82) is 0 Å². The minimum Gasteiger partial charge on any atom is -0.338 e. The largest absolute Gasteiger partial charge is 0.338 e. The highest BCUT2D eigenvalue weighted by atomic mass is 32.2. The van der Waals surface area contributed by atoms with Crippen LogP contribution < -0.4 is 0 Å². The molecule has 2 saturated heterocycles. The number of carbonyl (C=O) groups is 1. The van der Waals surface area contributed by atoms with Gasteiger partial charge in [0, 0.05) is 31.7 Å². The Morgan fingerprint density at radius 1 is 0.923 bits per heavy atom. The molecule has 2 aliphatic heterocycles. The second-order valence-corrected chi connectivity index (χ2v) is 9.92. The molecule has 0 spiro atoms. The number of hydrogen-bond donors (Lipinski definition) is 0. The molecule has 4 rings (SSSR count). The number of hydrogen-bond acceptors (Lipinski definition) is 3. The van der Waals surface area contributed by atoms with Crippen LogP contribution in [0.2, 0.25) is 0 Å². The summed E-state index contributed by atoms with van der Waals surface area (Å²) in [6, 6.07) is 6.63. The summed E-state index contributed by atoms with van der Waals surface area (Å²) in [5.74, 6) is 1.38. The minimum atomic E-state index is -3.48. The van der Waals surface area contributed by atoms with E-state index in [9.17, 15) is 13.2 Å². The van der Waals surface area contributed by atoms with Crippen molar-refractivity contribution in [3.8, 4) is 0 Å². The summed E-state index contributed by atoms with van der Waals surface area (Å²) >= 11 is 0. The maximum atomic E-state index is 13.0. The van der Waals surface area contributed by atoms with Crippen molar-refractivity contribution < 1.29 is 13.2 Å². The van der Waals surface area contributed by atoms with Crippen molar-refractivity contribution in [1.82, 2.24) is 9.21 Å². The quantitative estimate of drug-likeness (QED) is 0.814. The summed E-state index contributed by atoms with van der Waals surface area (Å²) in [5, 5.41) is 0. The Hall–Kier alpha value is -1.40. The highest BCUT2D eigenvalue weighted by Gasteiger charge is 2.34. The molecule has 1 aromatic carbocycles. The summed E-state index contributed by atoms with van der Waals surface area (Å²) in [6.45, 7) is 2.78. The summed E-state index contributed by atoms with van der Waals surface area (Å²) in [4.78, 5) is 15.2. The van der Waals surface area contributed by atoms with E-state index < -0.39 is 10.0 Å². The molecule has 0 aromatic heterocycles. The number of nitrogens with zero attached hydrogens (tertiary/aromatic N) is 2. The van der Waals surface area contributed by atoms with E-state index in [1.165, 1.54) is 30.0 Å². The number of amides is 1. The molecular formula is C20H28N2O3S. The van der Waals surface area contributed by atoms with Gasteiger partial charge in [0.1, 0.15) is 0 Å². The van der Waals surface area contributed by atoms with Gasteiger partial charge in [0.2, 0.25) is 10.0 Å². The molecule has 0 N–H and O–H groups in total. The SMILES string of the molecule is O=C(c1cccc(S(=O)(=O)N2CCCC2)c1)N1CC[C@@H]2CCCC[C@H]2C1. The normalized spacial score (nSPS) is 27.3. The number of piperidine rings is 1.